The van der Waals surface area contributed by atoms with Gasteiger partial charge in [0.2, 0.25) is 17.7 Å². The van der Waals surface area contributed by atoms with Gasteiger partial charge < -0.3 is 37.0 Å². The number of hydrogen-bond donors (Lipinski definition) is 7. The maximum absolute atomic E-state index is 12.2. The van der Waals surface area contributed by atoms with E-state index in [1.807, 2.05) is 60.7 Å². The van der Waals surface area contributed by atoms with Gasteiger partial charge in [-0.3, -0.25) is 19.7 Å². The number of thioether (sulfide) groups is 1. The van der Waals surface area contributed by atoms with Crippen molar-refractivity contribution in [1.29, 1.82) is 0 Å². The van der Waals surface area contributed by atoms with Crippen molar-refractivity contribution in [3.8, 4) is 0 Å². The normalized spacial score (nSPS) is 16.9. The topological polar surface area (TPSA) is 225 Å². The van der Waals surface area contributed by atoms with Crippen molar-refractivity contribution in [3.05, 3.63) is 71.8 Å². The lowest BCUT2D eigenvalue weighted by Gasteiger charge is -2.24. The number of rotatable bonds is 15. The molecule has 2 aromatic rings. The first-order valence-electron chi connectivity index (χ1n) is 14.1. The Morgan fingerprint density at radius 3 is 2.11 bits per heavy atom. The Bertz CT molecular complexity index is 1230. The van der Waals surface area contributed by atoms with E-state index in [4.69, 9.17) is 21.7 Å². The fraction of sp³-hybridized carbons (Fsp3) is 0.433. The Morgan fingerprint density at radius 1 is 1.00 bits per heavy atom. The zero-order chi connectivity index (χ0) is 32.6. The van der Waals surface area contributed by atoms with Gasteiger partial charge in [-0.05, 0) is 30.9 Å². The molecule has 0 aromatic heterocycles. The van der Waals surface area contributed by atoms with Gasteiger partial charge in [-0.15, -0.1) is 0 Å². The minimum absolute atomic E-state index is 0.250. The summed E-state index contributed by atoms with van der Waals surface area (Å²) in [5.74, 6) is -2.83. The zero-order valence-corrected chi connectivity index (χ0v) is 25.3. The van der Waals surface area contributed by atoms with Gasteiger partial charge in [-0.25, -0.2) is 9.59 Å². The monoisotopic (exact) mass is 631 g/mol. The second kappa shape index (κ2) is 18.6. The van der Waals surface area contributed by atoms with Crippen molar-refractivity contribution in [2.24, 2.45) is 11.5 Å². The molecule has 3 amide bonds. The van der Waals surface area contributed by atoms with Gasteiger partial charge in [-0.1, -0.05) is 60.7 Å². The van der Waals surface area contributed by atoms with Gasteiger partial charge in [-0.2, -0.15) is 11.8 Å². The number of nitrogens with zero attached hydrogens (tertiary/aromatic N) is 1. The van der Waals surface area contributed by atoms with Gasteiger partial charge in [0.1, 0.15) is 18.1 Å². The van der Waals surface area contributed by atoms with Crippen LogP contribution in [-0.2, 0) is 36.3 Å². The number of carboxylic acid groups (broad SMARTS) is 2. The molecule has 1 aliphatic rings. The lowest BCUT2D eigenvalue weighted by atomic mass is 10.1. The first kappa shape index (κ1) is 36.2. The van der Waals surface area contributed by atoms with Gasteiger partial charge in [0.05, 0.1) is 18.6 Å². The number of benzene rings is 2. The molecule has 2 aromatic carbocycles. The highest BCUT2D eigenvalue weighted by Crippen LogP contribution is 2.20. The third-order valence-corrected chi connectivity index (χ3v) is 7.83. The molecule has 3 rings (SSSR count). The summed E-state index contributed by atoms with van der Waals surface area (Å²) in [5, 5.41) is 32.9. The molecule has 0 bridgehead atoms. The zero-order valence-electron chi connectivity index (χ0n) is 24.5. The molecule has 1 heterocycles. The molecule has 44 heavy (non-hydrogen) atoms. The number of amides is 3. The first-order chi connectivity index (χ1) is 20.9. The average molecular weight is 632 g/mol. The number of aliphatic carboxylic acids is 2. The van der Waals surface area contributed by atoms with E-state index in [1.54, 1.807) is 11.8 Å². The number of primary amides is 1. The molecular formula is C30H41N5O8S. The average Bonchev–Trinajstić information content (AvgIpc) is 3.48. The van der Waals surface area contributed by atoms with Crippen LogP contribution in [0.5, 0.6) is 0 Å². The van der Waals surface area contributed by atoms with Crippen LogP contribution in [-0.4, -0.2) is 92.4 Å². The second-order valence-electron chi connectivity index (χ2n) is 10.3. The Morgan fingerprint density at radius 2 is 1.59 bits per heavy atom. The van der Waals surface area contributed by atoms with Crippen LogP contribution in [0.3, 0.4) is 0 Å². The van der Waals surface area contributed by atoms with Crippen molar-refractivity contribution in [2.75, 3.05) is 12.3 Å². The second-order valence-corrected chi connectivity index (χ2v) is 11.3. The molecule has 1 fully saturated rings. The predicted molar refractivity (Wildman–Crippen MR) is 165 cm³/mol. The number of carbonyl (C=O) groups is 5. The number of nitrogens with one attached hydrogen (secondary N) is 2. The number of hydrogen-bond acceptors (Lipinski definition) is 9. The summed E-state index contributed by atoms with van der Waals surface area (Å²) in [4.78, 5) is 58.8. The quantitative estimate of drug-likeness (QED) is 0.141. The molecule has 14 heteroatoms. The third kappa shape index (κ3) is 12.3. The largest absolute Gasteiger partial charge is 0.480 e. The van der Waals surface area contributed by atoms with Crippen molar-refractivity contribution in [1.82, 2.24) is 15.5 Å². The summed E-state index contributed by atoms with van der Waals surface area (Å²) in [7, 11) is 0. The van der Waals surface area contributed by atoms with E-state index in [0.29, 0.717) is 25.3 Å². The Kier molecular flexibility index (Phi) is 15.3. The van der Waals surface area contributed by atoms with Crippen molar-refractivity contribution < 1.29 is 39.3 Å². The van der Waals surface area contributed by atoms with Crippen LogP contribution in [0.4, 0.5) is 0 Å². The lowest BCUT2D eigenvalue weighted by molar-refractivity contribution is -0.148. The number of likely N-dealkylation sites (tertiary alicyclic amines) is 1. The predicted octanol–water partition coefficient (Wildman–Crippen LogP) is 0.293. The molecule has 4 unspecified atom stereocenters. The Balaban J connectivity index is 0.000000308. The standard InChI is InChI=1S/C15H21N3O5.C15H20N2O3S/c1-9(19)13(17-8-10-5-3-2-4-6-10)14(21)18-11(15(22)23)7-12(16)20;16-12(10-21-9-11-5-2-1-3-6-11)14(18)17-8-4-7-13(17)15(19)20/h2-6,9,11,13,17,19H,7-8H2,1H3,(H2,16,20)(H,18,21)(H,22,23);1-3,5-6,12-13H,4,7-10,16H2,(H,19,20)/t;12?,13-/m.0/s1. The molecule has 1 saturated heterocycles. The Labute approximate surface area is 260 Å². The molecule has 0 spiro atoms. The van der Waals surface area contributed by atoms with Gasteiger partial charge in [0, 0.05) is 24.6 Å². The van der Waals surface area contributed by atoms with Crippen LogP contribution >= 0.6 is 11.8 Å². The van der Waals surface area contributed by atoms with Crippen LogP contribution in [0.25, 0.3) is 0 Å². The molecule has 0 saturated carbocycles. The summed E-state index contributed by atoms with van der Waals surface area (Å²) in [6.45, 7) is 2.22. The Hall–Kier alpha value is -3.98. The van der Waals surface area contributed by atoms with E-state index in [1.165, 1.54) is 17.4 Å². The minimum atomic E-state index is -1.43. The fourth-order valence-electron chi connectivity index (χ4n) is 4.42. The first-order valence-corrected chi connectivity index (χ1v) is 15.2. The van der Waals surface area contributed by atoms with Crippen LogP contribution in [0.15, 0.2) is 60.7 Å². The summed E-state index contributed by atoms with van der Waals surface area (Å²) < 4.78 is 0. The molecule has 0 radical (unpaired) electrons. The van der Waals surface area contributed by atoms with Crippen molar-refractivity contribution in [2.45, 2.75) is 68.8 Å². The fourth-order valence-corrected chi connectivity index (χ4v) is 5.36. The van der Waals surface area contributed by atoms with Gasteiger partial charge in [0.25, 0.3) is 0 Å². The number of aliphatic hydroxyl groups excluding tert-OH is 1. The van der Waals surface area contributed by atoms with Gasteiger partial charge in [0.15, 0.2) is 0 Å². The van der Waals surface area contributed by atoms with E-state index < -0.39 is 60.4 Å². The number of nitrogens with two attached hydrogens (primary N) is 2. The minimum Gasteiger partial charge on any atom is -0.480 e. The SMILES string of the molecule is CC(O)C(NCc1ccccc1)C(=O)NC(CC(N)=O)C(=O)O.NC(CSCc1ccccc1)C(=O)N1CCC[C@H]1C(=O)O. The smallest absolute Gasteiger partial charge is 0.326 e. The number of carbonyl (C=O) groups excluding carboxylic acids is 3. The number of aliphatic hydroxyl groups is 1. The van der Waals surface area contributed by atoms with Crippen LogP contribution in [0.1, 0.15) is 37.3 Å². The molecule has 9 N–H and O–H groups in total. The molecule has 1 aliphatic heterocycles. The van der Waals surface area contributed by atoms with Crippen LogP contribution < -0.4 is 22.1 Å². The molecule has 5 atom stereocenters. The van der Waals surface area contributed by atoms with Crippen LogP contribution in [0, 0.1) is 0 Å². The highest BCUT2D eigenvalue weighted by molar-refractivity contribution is 7.98. The van der Waals surface area contributed by atoms with Gasteiger partial charge >= 0.3 is 11.9 Å². The highest BCUT2D eigenvalue weighted by atomic mass is 32.2. The lowest BCUT2D eigenvalue weighted by Crippen LogP contribution is -2.54. The summed E-state index contributed by atoms with van der Waals surface area (Å²) >= 11 is 1.59. The van der Waals surface area contributed by atoms with E-state index in [0.717, 1.165) is 17.7 Å². The maximum atomic E-state index is 12.2. The summed E-state index contributed by atoms with van der Waals surface area (Å²) in [5.41, 5.74) is 13.0. The molecule has 0 aliphatic carbocycles. The van der Waals surface area contributed by atoms with E-state index in [-0.39, 0.29) is 5.91 Å². The van der Waals surface area contributed by atoms with Crippen molar-refractivity contribution >= 4 is 41.4 Å². The summed E-state index contributed by atoms with van der Waals surface area (Å²) in [6, 6.07) is 15.4. The molecule has 13 nitrogen and oxygen atoms in total. The van der Waals surface area contributed by atoms with E-state index in [2.05, 4.69) is 10.6 Å². The van der Waals surface area contributed by atoms with E-state index >= 15 is 0 Å². The summed E-state index contributed by atoms with van der Waals surface area (Å²) in [6.07, 6.45) is -0.328. The maximum Gasteiger partial charge on any atom is 0.326 e. The molecular weight excluding hydrogens is 590 g/mol. The van der Waals surface area contributed by atoms with E-state index in [9.17, 15) is 29.1 Å². The van der Waals surface area contributed by atoms with Crippen LogP contribution in [0.2, 0.25) is 0 Å². The third-order valence-electron chi connectivity index (χ3n) is 6.70. The van der Waals surface area contributed by atoms with Crippen molar-refractivity contribution in [3.63, 3.8) is 0 Å². The number of carboxylic acids is 2. The molecule has 240 valence electrons. The highest BCUT2D eigenvalue weighted by Gasteiger charge is 2.36.